The first kappa shape index (κ1) is 50.2. The van der Waals surface area contributed by atoms with Crippen molar-refractivity contribution in [3.63, 3.8) is 0 Å². The Hall–Kier alpha value is -4.50. The van der Waals surface area contributed by atoms with Crippen LogP contribution in [0.1, 0.15) is 78.1 Å². The third kappa shape index (κ3) is 8.85. The zero-order valence-corrected chi connectivity index (χ0v) is 32.4. The lowest BCUT2D eigenvalue weighted by Gasteiger charge is -2.44. The number of rotatable bonds is 13. The molecule has 0 aromatic heterocycles. The van der Waals surface area contributed by atoms with Crippen LogP contribution in [0.25, 0.3) is 0 Å². The second-order valence-corrected chi connectivity index (χ2v) is 14.7. The molecule has 0 heterocycles. The van der Waals surface area contributed by atoms with E-state index in [2.05, 4.69) is 13.8 Å². The first-order chi connectivity index (χ1) is 29.1. The standard InChI is InChI=1S/C24BF20.C16H33N/c26-5-1(6(27)14(35)21(42)13(5)34)25(2-7(28)15(36)22(43)16(37)8(2)29,3-9(30)17(38)23(44)18(39)10(3)31)4-11(32)19(40)24(45)20(41)12(4)33;1-3-17(4-2)15-11-6-5-8-12-16-13-9-7-10-14-16/h;16H,3-15H2,1-2H3/q-1;/p+1. The molecule has 0 atom stereocenters. The quantitative estimate of drug-likeness (QED) is 0.0449. The molecule has 342 valence electrons. The summed E-state index contributed by atoms with van der Waals surface area (Å²) >= 11 is 0. The normalized spacial score (nSPS) is 13.6. The zero-order valence-electron chi connectivity index (χ0n) is 32.4. The average Bonchev–Trinajstić information content (AvgIpc) is 3.26. The minimum Gasteiger partial charge on any atom is -0.335 e. The first-order valence-corrected chi connectivity index (χ1v) is 19.1. The number of unbranched alkanes of at least 4 members (excludes halogenated alkanes) is 3. The van der Waals surface area contributed by atoms with Gasteiger partial charge in [0.25, 0.3) is 0 Å². The topological polar surface area (TPSA) is 4.44 Å². The van der Waals surface area contributed by atoms with Crippen molar-refractivity contribution in [2.24, 2.45) is 5.92 Å². The van der Waals surface area contributed by atoms with Crippen LogP contribution in [0.2, 0.25) is 0 Å². The molecule has 0 unspecified atom stereocenters. The van der Waals surface area contributed by atoms with Gasteiger partial charge in [0.05, 0.1) is 19.6 Å². The Balaban J connectivity index is 0.000000416. The van der Waals surface area contributed by atoms with Crippen LogP contribution in [0.4, 0.5) is 87.8 Å². The number of hydrogen-bond donors (Lipinski definition) is 1. The van der Waals surface area contributed by atoms with Crippen molar-refractivity contribution in [1.29, 1.82) is 0 Å². The molecule has 1 N–H and O–H groups in total. The van der Waals surface area contributed by atoms with E-state index in [0.29, 0.717) is 0 Å². The lowest BCUT2D eigenvalue weighted by Crippen LogP contribution is -3.11. The summed E-state index contributed by atoms with van der Waals surface area (Å²) in [6.07, 6.45) is 7.79. The van der Waals surface area contributed by atoms with Gasteiger partial charge in [-0.1, -0.05) is 51.4 Å². The Kier molecular flexibility index (Phi) is 16.5. The molecule has 1 nitrogen and oxygen atoms in total. The molecule has 1 aliphatic rings. The Morgan fingerprint density at radius 3 is 0.839 bits per heavy atom. The van der Waals surface area contributed by atoms with Gasteiger partial charge in [-0.05, 0) is 32.6 Å². The number of nitrogens with one attached hydrogen (secondary N) is 1. The molecule has 22 heteroatoms. The maximum atomic E-state index is 15.4. The minimum absolute atomic E-state index is 1.09. The van der Waals surface area contributed by atoms with Crippen LogP contribution in [0, 0.1) is 122 Å². The fourth-order valence-corrected chi connectivity index (χ4v) is 8.12. The highest BCUT2D eigenvalue weighted by molar-refractivity contribution is 7.20. The van der Waals surface area contributed by atoms with E-state index < -0.39 is 144 Å². The van der Waals surface area contributed by atoms with Crippen LogP contribution in [0.5, 0.6) is 0 Å². The zero-order chi connectivity index (χ0) is 46.7. The second kappa shape index (κ2) is 20.3. The summed E-state index contributed by atoms with van der Waals surface area (Å²) in [5.74, 6) is -70.3. The van der Waals surface area contributed by atoms with E-state index in [4.69, 9.17) is 0 Å². The third-order valence-corrected chi connectivity index (χ3v) is 11.3. The van der Waals surface area contributed by atoms with E-state index in [1.54, 1.807) is 4.90 Å². The summed E-state index contributed by atoms with van der Waals surface area (Å²) in [5.41, 5.74) is -14.3. The predicted octanol–water partition coefficient (Wildman–Crippen LogP) is 9.29. The Morgan fingerprint density at radius 2 is 0.581 bits per heavy atom. The molecule has 1 fully saturated rings. The lowest BCUT2D eigenvalue weighted by molar-refractivity contribution is -0.896. The van der Waals surface area contributed by atoms with E-state index in [9.17, 15) is 52.7 Å². The number of halogens is 20. The SMILES string of the molecule is CC[NH+](CC)CCCCCCC1CCCCC1.Fc1c(F)c(F)c([B-](c2c(F)c(F)c(F)c(F)c2F)(c2c(F)c(F)c(F)c(F)c2F)c2c(F)c(F)c(F)c(F)c2F)c(F)c1F. The van der Waals surface area contributed by atoms with Gasteiger partial charge in [0.2, 0.25) is 0 Å². The second-order valence-electron chi connectivity index (χ2n) is 14.7. The first-order valence-electron chi connectivity index (χ1n) is 19.1. The maximum Gasteiger partial charge on any atom is 0.200 e. The molecule has 1 aliphatic carbocycles. The molecule has 0 spiro atoms. The molecule has 0 amide bonds. The van der Waals surface area contributed by atoms with Crippen molar-refractivity contribution >= 4 is 28.0 Å². The van der Waals surface area contributed by atoms with Gasteiger partial charge < -0.3 is 4.90 Å². The molecule has 62 heavy (non-hydrogen) atoms. The summed E-state index contributed by atoms with van der Waals surface area (Å²) in [7, 11) is 0. The van der Waals surface area contributed by atoms with Gasteiger partial charge in [0, 0.05) is 0 Å². The van der Waals surface area contributed by atoms with E-state index in [-0.39, 0.29) is 0 Å². The molecular formula is C40H34BF20N. The Bertz CT molecular complexity index is 1910. The van der Waals surface area contributed by atoms with Crippen LogP contribution in [0.15, 0.2) is 0 Å². The maximum absolute atomic E-state index is 15.4. The summed E-state index contributed by atoms with van der Waals surface area (Å²) in [4.78, 5) is 1.78. The van der Waals surface area contributed by atoms with Crippen LogP contribution >= 0.6 is 0 Å². The highest BCUT2D eigenvalue weighted by Gasteiger charge is 2.52. The van der Waals surface area contributed by atoms with Crippen LogP contribution in [0.3, 0.4) is 0 Å². The number of quaternary nitrogens is 1. The number of hydrogen-bond acceptors (Lipinski definition) is 0. The fraction of sp³-hybridized carbons (Fsp3) is 0.400. The van der Waals surface area contributed by atoms with E-state index in [0.717, 1.165) is 5.92 Å². The van der Waals surface area contributed by atoms with Gasteiger partial charge in [0.1, 0.15) is 52.7 Å². The van der Waals surface area contributed by atoms with Crippen molar-refractivity contribution in [1.82, 2.24) is 0 Å². The van der Waals surface area contributed by atoms with Crippen LogP contribution < -0.4 is 26.8 Å². The third-order valence-electron chi connectivity index (χ3n) is 11.3. The lowest BCUT2D eigenvalue weighted by atomic mass is 9.12. The molecule has 0 saturated heterocycles. The summed E-state index contributed by atoms with van der Waals surface area (Å²) in [6.45, 7) is 8.62. The Labute approximate surface area is 340 Å². The molecule has 1 saturated carbocycles. The van der Waals surface area contributed by atoms with Crippen molar-refractivity contribution in [3.05, 3.63) is 116 Å². The summed E-state index contributed by atoms with van der Waals surface area (Å²) < 4.78 is 294. The summed E-state index contributed by atoms with van der Waals surface area (Å²) in [6, 6.07) is 0. The van der Waals surface area contributed by atoms with Crippen molar-refractivity contribution in [2.75, 3.05) is 19.6 Å². The summed E-state index contributed by atoms with van der Waals surface area (Å²) in [5, 5.41) is 0. The van der Waals surface area contributed by atoms with E-state index >= 15 is 35.1 Å². The smallest absolute Gasteiger partial charge is 0.200 e. The highest BCUT2D eigenvalue weighted by Crippen LogP contribution is 2.31. The van der Waals surface area contributed by atoms with Gasteiger partial charge >= 0.3 is 0 Å². The van der Waals surface area contributed by atoms with Gasteiger partial charge in [-0.3, -0.25) is 0 Å². The van der Waals surface area contributed by atoms with Gasteiger partial charge in [0.15, 0.2) is 69.8 Å². The minimum atomic E-state index is -7.22. The van der Waals surface area contributed by atoms with Gasteiger partial charge in [-0.25, -0.2) is 87.8 Å². The molecule has 0 radical (unpaired) electrons. The fourth-order valence-electron chi connectivity index (χ4n) is 8.12. The highest BCUT2D eigenvalue weighted by atomic mass is 19.2. The predicted molar refractivity (Wildman–Crippen MR) is 186 cm³/mol. The molecule has 5 rings (SSSR count). The van der Waals surface area contributed by atoms with Crippen LogP contribution in [-0.2, 0) is 0 Å². The van der Waals surface area contributed by atoms with Gasteiger partial charge in [-0.2, -0.15) is 0 Å². The van der Waals surface area contributed by atoms with E-state index in [1.807, 2.05) is 0 Å². The van der Waals surface area contributed by atoms with E-state index in [1.165, 1.54) is 83.8 Å². The molecular weight excluding hydrogens is 885 g/mol. The largest absolute Gasteiger partial charge is 0.335 e. The van der Waals surface area contributed by atoms with Crippen molar-refractivity contribution in [2.45, 2.75) is 78.1 Å². The average molecular weight is 919 g/mol. The van der Waals surface area contributed by atoms with Crippen molar-refractivity contribution in [3.8, 4) is 0 Å². The molecule has 0 aliphatic heterocycles. The Morgan fingerprint density at radius 1 is 0.339 bits per heavy atom. The van der Waals surface area contributed by atoms with Crippen molar-refractivity contribution < 1.29 is 92.7 Å². The monoisotopic (exact) mass is 919 g/mol. The molecule has 4 aromatic rings. The molecule has 4 aromatic carbocycles. The van der Waals surface area contributed by atoms with Gasteiger partial charge in [-0.15, -0.1) is 21.9 Å². The molecule has 0 bridgehead atoms. The van der Waals surface area contributed by atoms with Crippen LogP contribution in [-0.4, -0.2) is 25.8 Å². The number of benzene rings is 4.